The molecule has 5 heteroatoms. The van der Waals surface area contributed by atoms with Crippen LogP contribution in [-0.2, 0) is 11.3 Å². The number of amides is 1. The minimum absolute atomic E-state index is 0.168. The number of hydrogen-bond donors (Lipinski definition) is 1. The number of rotatable bonds is 9. The summed E-state index contributed by atoms with van der Waals surface area (Å²) in [5.41, 5.74) is 0. The van der Waals surface area contributed by atoms with E-state index < -0.39 is 0 Å². The lowest BCUT2D eigenvalue weighted by atomic mass is 10.3. The fourth-order valence-corrected chi connectivity index (χ4v) is 1.90. The van der Waals surface area contributed by atoms with Gasteiger partial charge in [0.15, 0.2) is 0 Å². The summed E-state index contributed by atoms with van der Waals surface area (Å²) >= 11 is 0. The van der Waals surface area contributed by atoms with E-state index in [0.717, 1.165) is 37.7 Å². The van der Waals surface area contributed by atoms with Crippen LogP contribution in [0.25, 0.3) is 0 Å². The topological polar surface area (TPSA) is 48.7 Å². The zero-order valence-corrected chi connectivity index (χ0v) is 13.1. The van der Waals surface area contributed by atoms with E-state index in [0.29, 0.717) is 13.0 Å². The van der Waals surface area contributed by atoms with E-state index >= 15 is 0 Å². The molecule has 20 heavy (non-hydrogen) atoms. The quantitative estimate of drug-likeness (QED) is 0.697. The lowest BCUT2D eigenvalue weighted by Crippen LogP contribution is -2.37. The second-order valence-electron chi connectivity index (χ2n) is 5.23. The van der Waals surface area contributed by atoms with Crippen molar-refractivity contribution in [1.29, 1.82) is 0 Å². The van der Waals surface area contributed by atoms with E-state index in [1.807, 2.05) is 45.0 Å². The lowest BCUT2D eigenvalue weighted by molar-refractivity contribution is -0.132. The summed E-state index contributed by atoms with van der Waals surface area (Å²) in [4.78, 5) is 16.2. The fourth-order valence-electron chi connectivity index (χ4n) is 1.90. The minimum Gasteiger partial charge on any atom is -0.464 e. The smallest absolute Gasteiger partial charge is 0.224 e. The van der Waals surface area contributed by atoms with Crippen LogP contribution in [0.4, 0.5) is 0 Å². The highest BCUT2D eigenvalue weighted by Crippen LogP contribution is 2.10. The normalized spacial score (nSPS) is 11.1. The lowest BCUT2D eigenvalue weighted by Gasteiger charge is -2.23. The largest absolute Gasteiger partial charge is 0.464 e. The third kappa shape index (κ3) is 6.21. The van der Waals surface area contributed by atoms with Crippen LogP contribution < -0.4 is 5.32 Å². The summed E-state index contributed by atoms with van der Waals surface area (Å²) in [6.45, 7) is 7.70. The van der Waals surface area contributed by atoms with Crippen molar-refractivity contribution in [3.8, 4) is 0 Å². The Labute approximate surface area is 121 Å². The van der Waals surface area contributed by atoms with Crippen LogP contribution in [-0.4, -0.2) is 56.0 Å². The Hall–Kier alpha value is -1.33. The van der Waals surface area contributed by atoms with Crippen molar-refractivity contribution < 1.29 is 9.21 Å². The van der Waals surface area contributed by atoms with Crippen molar-refractivity contribution in [3.05, 3.63) is 23.7 Å². The molecule has 0 aromatic carbocycles. The Morgan fingerprint density at radius 1 is 1.30 bits per heavy atom. The van der Waals surface area contributed by atoms with Crippen LogP contribution in [0.15, 0.2) is 16.5 Å². The summed E-state index contributed by atoms with van der Waals surface area (Å²) in [6.07, 6.45) is 0.529. The Morgan fingerprint density at radius 2 is 2.05 bits per heavy atom. The molecule has 114 valence electrons. The minimum atomic E-state index is 0.168. The number of hydrogen-bond acceptors (Lipinski definition) is 4. The summed E-state index contributed by atoms with van der Waals surface area (Å²) in [5.74, 6) is 1.90. The van der Waals surface area contributed by atoms with Gasteiger partial charge in [-0.1, -0.05) is 6.92 Å². The molecule has 0 atom stereocenters. The van der Waals surface area contributed by atoms with Gasteiger partial charge >= 0.3 is 0 Å². The second kappa shape index (κ2) is 8.76. The maximum absolute atomic E-state index is 12.3. The Morgan fingerprint density at radius 3 is 2.60 bits per heavy atom. The SMILES string of the molecule is CCNCCC(=O)N(CCN(C)C)Cc1ccc(C)o1. The molecule has 1 rings (SSSR count). The van der Waals surface area contributed by atoms with Gasteiger partial charge in [0.1, 0.15) is 11.5 Å². The molecule has 0 saturated carbocycles. The van der Waals surface area contributed by atoms with Crippen molar-refractivity contribution in [2.75, 3.05) is 40.3 Å². The molecule has 1 aromatic heterocycles. The Kier molecular flexibility index (Phi) is 7.33. The van der Waals surface area contributed by atoms with Gasteiger partial charge in [0.25, 0.3) is 0 Å². The van der Waals surface area contributed by atoms with E-state index in [9.17, 15) is 4.79 Å². The Balaban J connectivity index is 2.56. The number of aryl methyl sites for hydroxylation is 1. The van der Waals surface area contributed by atoms with Gasteiger partial charge in [-0.05, 0) is 39.7 Å². The van der Waals surface area contributed by atoms with E-state index in [4.69, 9.17) is 4.42 Å². The van der Waals surface area contributed by atoms with Crippen LogP contribution in [0.5, 0.6) is 0 Å². The maximum atomic E-state index is 12.3. The van der Waals surface area contributed by atoms with E-state index in [1.165, 1.54) is 0 Å². The molecular formula is C15H27N3O2. The van der Waals surface area contributed by atoms with Gasteiger partial charge < -0.3 is 19.5 Å². The van der Waals surface area contributed by atoms with Gasteiger partial charge in [-0.25, -0.2) is 0 Å². The first-order valence-electron chi connectivity index (χ1n) is 7.21. The standard InChI is InChI=1S/C15H27N3O2/c1-5-16-9-8-15(19)18(11-10-17(3)4)12-14-7-6-13(2)20-14/h6-7,16H,5,8-12H2,1-4H3. The van der Waals surface area contributed by atoms with Crippen LogP contribution in [0.2, 0.25) is 0 Å². The van der Waals surface area contributed by atoms with Crippen LogP contribution in [0.1, 0.15) is 24.9 Å². The summed E-state index contributed by atoms with van der Waals surface area (Å²) in [7, 11) is 4.02. The monoisotopic (exact) mass is 281 g/mol. The van der Waals surface area contributed by atoms with Gasteiger partial charge in [-0.15, -0.1) is 0 Å². The number of carbonyl (C=O) groups is 1. The molecular weight excluding hydrogens is 254 g/mol. The highest BCUT2D eigenvalue weighted by Gasteiger charge is 2.15. The Bertz CT molecular complexity index is 402. The molecule has 0 fully saturated rings. The van der Waals surface area contributed by atoms with Gasteiger partial charge in [0.2, 0.25) is 5.91 Å². The fraction of sp³-hybridized carbons (Fsp3) is 0.667. The molecule has 0 aliphatic carbocycles. The zero-order valence-electron chi connectivity index (χ0n) is 13.1. The molecule has 1 N–H and O–H groups in total. The average molecular weight is 281 g/mol. The number of furan rings is 1. The molecule has 0 saturated heterocycles. The molecule has 1 amide bonds. The van der Waals surface area contributed by atoms with E-state index in [-0.39, 0.29) is 5.91 Å². The first kappa shape index (κ1) is 16.7. The molecule has 5 nitrogen and oxygen atoms in total. The number of carbonyl (C=O) groups excluding carboxylic acids is 1. The van der Waals surface area contributed by atoms with Crippen molar-refractivity contribution in [1.82, 2.24) is 15.1 Å². The molecule has 0 unspecified atom stereocenters. The van der Waals surface area contributed by atoms with Crippen molar-refractivity contribution >= 4 is 5.91 Å². The predicted molar refractivity (Wildman–Crippen MR) is 80.6 cm³/mol. The van der Waals surface area contributed by atoms with Crippen LogP contribution >= 0.6 is 0 Å². The van der Waals surface area contributed by atoms with Crippen molar-refractivity contribution in [3.63, 3.8) is 0 Å². The first-order valence-corrected chi connectivity index (χ1v) is 7.21. The predicted octanol–water partition coefficient (Wildman–Crippen LogP) is 1.48. The van der Waals surface area contributed by atoms with E-state index in [2.05, 4.69) is 10.2 Å². The number of nitrogens with zero attached hydrogens (tertiary/aromatic N) is 2. The third-order valence-electron chi connectivity index (χ3n) is 3.08. The average Bonchev–Trinajstić information content (AvgIpc) is 2.80. The maximum Gasteiger partial charge on any atom is 0.224 e. The van der Waals surface area contributed by atoms with Crippen LogP contribution in [0, 0.1) is 6.92 Å². The van der Waals surface area contributed by atoms with Crippen LogP contribution in [0.3, 0.4) is 0 Å². The summed E-state index contributed by atoms with van der Waals surface area (Å²) < 4.78 is 5.57. The molecule has 0 aliphatic heterocycles. The molecule has 1 heterocycles. The highest BCUT2D eigenvalue weighted by molar-refractivity contribution is 5.76. The van der Waals surface area contributed by atoms with E-state index in [1.54, 1.807) is 0 Å². The van der Waals surface area contributed by atoms with Crippen molar-refractivity contribution in [2.45, 2.75) is 26.8 Å². The second-order valence-corrected chi connectivity index (χ2v) is 5.23. The highest BCUT2D eigenvalue weighted by atomic mass is 16.3. The number of nitrogens with one attached hydrogen (secondary N) is 1. The van der Waals surface area contributed by atoms with Gasteiger partial charge in [0.05, 0.1) is 6.54 Å². The molecule has 1 aromatic rings. The van der Waals surface area contributed by atoms with Gasteiger partial charge in [-0.3, -0.25) is 4.79 Å². The summed E-state index contributed by atoms with van der Waals surface area (Å²) in [6, 6.07) is 3.87. The summed E-state index contributed by atoms with van der Waals surface area (Å²) in [5, 5.41) is 3.19. The zero-order chi connectivity index (χ0) is 15.0. The number of likely N-dealkylation sites (N-methyl/N-ethyl adjacent to an activating group) is 1. The molecule has 0 spiro atoms. The third-order valence-corrected chi connectivity index (χ3v) is 3.08. The molecule has 0 radical (unpaired) electrons. The van der Waals surface area contributed by atoms with Crippen molar-refractivity contribution in [2.24, 2.45) is 0 Å². The first-order chi connectivity index (χ1) is 9.52. The van der Waals surface area contributed by atoms with Gasteiger partial charge in [0, 0.05) is 26.1 Å². The van der Waals surface area contributed by atoms with Gasteiger partial charge in [-0.2, -0.15) is 0 Å². The molecule has 0 bridgehead atoms. The molecule has 0 aliphatic rings.